The van der Waals surface area contributed by atoms with Gasteiger partial charge in [-0.1, -0.05) is 39.0 Å². The van der Waals surface area contributed by atoms with Crippen LogP contribution in [0.25, 0.3) is 10.9 Å². The lowest BCUT2D eigenvalue weighted by Gasteiger charge is -2.16. The second-order valence-corrected chi connectivity index (χ2v) is 5.99. The Labute approximate surface area is 142 Å². The Morgan fingerprint density at radius 3 is 2.33 bits per heavy atom. The SMILES string of the molecule is CCCCCCCCn1c(=O)c(OC)c(OC)c2ccc(O)cc21. The van der Waals surface area contributed by atoms with Crippen LogP contribution in [0.3, 0.4) is 0 Å². The fourth-order valence-electron chi connectivity index (χ4n) is 3.04. The molecule has 0 saturated carbocycles. The van der Waals surface area contributed by atoms with Crippen molar-refractivity contribution in [3.05, 3.63) is 28.6 Å². The maximum Gasteiger partial charge on any atom is 0.297 e. The van der Waals surface area contributed by atoms with E-state index in [1.807, 2.05) is 0 Å². The highest BCUT2D eigenvalue weighted by Gasteiger charge is 2.18. The zero-order valence-electron chi connectivity index (χ0n) is 14.8. The first kappa shape index (κ1) is 18.2. The van der Waals surface area contributed by atoms with Gasteiger partial charge in [0.1, 0.15) is 5.75 Å². The van der Waals surface area contributed by atoms with Crippen LogP contribution in [0, 0.1) is 0 Å². The number of aromatic hydroxyl groups is 1. The van der Waals surface area contributed by atoms with Gasteiger partial charge in [-0.15, -0.1) is 0 Å². The summed E-state index contributed by atoms with van der Waals surface area (Å²) in [6.45, 7) is 2.80. The Morgan fingerprint density at radius 1 is 1.00 bits per heavy atom. The van der Waals surface area contributed by atoms with Gasteiger partial charge in [-0.25, -0.2) is 0 Å². The normalized spacial score (nSPS) is 11.0. The number of fused-ring (bicyclic) bond motifs is 1. The number of rotatable bonds is 9. The average Bonchev–Trinajstić information content (AvgIpc) is 2.58. The van der Waals surface area contributed by atoms with Crippen molar-refractivity contribution in [2.24, 2.45) is 0 Å². The molecule has 5 nitrogen and oxygen atoms in total. The molecule has 24 heavy (non-hydrogen) atoms. The number of nitrogens with zero attached hydrogens (tertiary/aromatic N) is 1. The number of unbranched alkanes of at least 4 members (excludes halogenated alkanes) is 5. The van der Waals surface area contributed by atoms with Crippen molar-refractivity contribution in [3.63, 3.8) is 0 Å². The summed E-state index contributed by atoms with van der Waals surface area (Å²) in [4.78, 5) is 12.7. The number of pyridine rings is 1. The smallest absolute Gasteiger partial charge is 0.297 e. The molecule has 0 fully saturated rings. The van der Waals surface area contributed by atoms with Crippen LogP contribution in [0.4, 0.5) is 0 Å². The summed E-state index contributed by atoms with van der Waals surface area (Å²) < 4.78 is 12.3. The third-order valence-electron chi connectivity index (χ3n) is 4.31. The van der Waals surface area contributed by atoms with Gasteiger partial charge in [0, 0.05) is 18.0 Å². The molecule has 5 heteroatoms. The third-order valence-corrected chi connectivity index (χ3v) is 4.31. The molecule has 0 bridgehead atoms. The Kier molecular flexibility index (Phi) is 6.53. The lowest BCUT2D eigenvalue weighted by molar-refractivity contribution is 0.350. The molecule has 0 unspecified atom stereocenters. The van der Waals surface area contributed by atoms with Crippen molar-refractivity contribution < 1.29 is 14.6 Å². The predicted octanol–water partition coefficient (Wildman–Crippen LogP) is 4.08. The van der Waals surface area contributed by atoms with Crippen molar-refractivity contribution >= 4 is 10.9 Å². The van der Waals surface area contributed by atoms with Crippen molar-refractivity contribution in [3.8, 4) is 17.2 Å². The van der Waals surface area contributed by atoms with Crippen LogP contribution >= 0.6 is 0 Å². The monoisotopic (exact) mass is 333 g/mol. The number of phenols is 1. The number of benzene rings is 1. The largest absolute Gasteiger partial charge is 0.508 e. The summed E-state index contributed by atoms with van der Waals surface area (Å²) in [6.07, 6.45) is 6.90. The third kappa shape index (κ3) is 3.83. The molecular weight excluding hydrogens is 306 g/mol. The van der Waals surface area contributed by atoms with Crippen molar-refractivity contribution in [1.29, 1.82) is 0 Å². The van der Waals surface area contributed by atoms with E-state index in [1.165, 1.54) is 39.9 Å². The average molecular weight is 333 g/mol. The molecule has 2 aromatic rings. The fraction of sp³-hybridized carbons (Fsp3) is 0.526. The van der Waals surface area contributed by atoms with Crippen molar-refractivity contribution in [2.45, 2.75) is 52.0 Å². The van der Waals surface area contributed by atoms with Gasteiger partial charge in [-0.2, -0.15) is 0 Å². The Hall–Kier alpha value is -2.17. The maximum absolute atomic E-state index is 12.7. The summed E-state index contributed by atoms with van der Waals surface area (Å²) in [7, 11) is 2.99. The first-order valence-corrected chi connectivity index (χ1v) is 8.61. The first-order chi connectivity index (χ1) is 11.6. The van der Waals surface area contributed by atoms with E-state index in [9.17, 15) is 9.90 Å². The van der Waals surface area contributed by atoms with Crippen molar-refractivity contribution in [2.75, 3.05) is 14.2 Å². The molecule has 2 rings (SSSR count). The van der Waals surface area contributed by atoms with Crippen LogP contribution in [-0.2, 0) is 6.54 Å². The topological polar surface area (TPSA) is 60.7 Å². The van der Waals surface area contributed by atoms with E-state index in [2.05, 4.69) is 6.92 Å². The summed E-state index contributed by atoms with van der Waals surface area (Å²) in [6, 6.07) is 4.95. The molecule has 0 aliphatic rings. The van der Waals surface area contributed by atoms with Gasteiger partial charge >= 0.3 is 0 Å². The quantitative estimate of drug-likeness (QED) is 0.702. The van der Waals surface area contributed by atoms with Crippen LogP contribution < -0.4 is 15.0 Å². The number of phenolic OH excluding ortho intramolecular Hbond substituents is 1. The van der Waals surface area contributed by atoms with Gasteiger partial charge in [0.2, 0.25) is 5.75 Å². The molecule has 1 aromatic carbocycles. The number of aryl methyl sites for hydroxylation is 1. The standard InChI is InChI=1S/C19H27NO4/c1-4-5-6-7-8-9-12-20-16-13-14(21)10-11-15(16)17(23-2)18(24-3)19(20)22/h10-11,13,21H,4-9,12H2,1-3H3. The summed E-state index contributed by atoms with van der Waals surface area (Å²) in [5.74, 6) is 0.754. The lowest BCUT2D eigenvalue weighted by atomic mass is 10.1. The molecule has 1 heterocycles. The zero-order valence-corrected chi connectivity index (χ0v) is 14.8. The minimum absolute atomic E-state index is 0.130. The van der Waals surface area contributed by atoms with E-state index in [0.717, 1.165) is 18.2 Å². The molecule has 132 valence electrons. The van der Waals surface area contributed by atoms with Crippen molar-refractivity contribution in [1.82, 2.24) is 4.57 Å². The molecule has 1 aromatic heterocycles. The van der Waals surface area contributed by atoms with Gasteiger partial charge in [0.05, 0.1) is 19.7 Å². The number of ether oxygens (including phenoxy) is 2. The zero-order chi connectivity index (χ0) is 17.5. The van der Waals surface area contributed by atoms with E-state index in [0.29, 0.717) is 17.8 Å². The number of aromatic nitrogens is 1. The molecule has 0 atom stereocenters. The molecule has 0 radical (unpaired) electrons. The summed E-state index contributed by atoms with van der Waals surface area (Å²) in [5, 5.41) is 10.6. The number of hydrogen-bond acceptors (Lipinski definition) is 4. The van der Waals surface area contributed by atoms with Crippen LogP contribution in [0.2, 0.25) is 0 Å². The Morgan fingerprint density at radius 2 is 1.67 bits per heavy atom. The van der Waals surface area contributed by atoms with E-state index in [4.69, 9.17) is 9.47 Å². The molecule has 0 spiro atoms. The lowest BCUT2D eigenvalue weighted by Crippen LogP contribution is -2.23. The Bertz CT molecular complexity index is 736. The molecule has 0 saturated heterocycles. The number of hydrogen-bond donors (Lipinski definition) is 1. The molecule has 1 N–H and O–H groups in total. The van der Waals surface area contributed by atoms with E-state index in [1.54, 1.807) is 22.8 Å². The summed E-state index contributed by atoms with van der Waals surface area (Å²) in [5.41, 5.74) is 0.451. The number of methoxy groups -OCH3 is 2. The Balaban J connectivity index is 2.35. The van der Waals surface area contributed by atoms with Gasteiger partial charge in [-0.05, 0) is 18.6 Å². The van der Waals surface area contributed by atoms with Gasteiger partial charge in [0.15, 0.2) is 5.75 Å². The second-order valence-electron chi connectivity index (χ2n) is 5.99. The second kappa shape index (κ2) is 8.62. The van der Waals surface area contributed by atoms with Crippen LogP contribution in [-0.4, -0.2) is 23.9 Å². The molecule has 0 amide bonds. The first-order valence-electron chi connectivity index (χ1n) is 8.61. The highest BCUT2D eigenvalue weighted by molar-refractivity contribution is 5.89. The predicted molar refractivity (Wildman–Crippen MR) is 96.4 cm³/mol. The highest BCUT2D eigenvalue weighted by Crippen LogP contribution is 2.34. The summed E-state index contributed by atoms with van der Waals surface area (Å²) >= 11 is 0. The minimum Gasteiger partial charge on any atom is -0.508 e. The maximum atomic E-state index is 12.7. The van der Waals surface area contributed by atoms with Crippen LogP contribution in [0.1, 0.15) is 45.4 Å². The highest BCUT2D eigenvalue weighted by atomic mass is 16.5. The molecule has 0 aliphatic heterocycles. The molecule has 0 aliphatic carbocycles. The van der Waals surface area contributed by atoms with Crippen LogP contribution in [0.5, 0.6) is 17.2 Å². The van der Waals surface area contributed by atoms with Gasteiger partial charge in [-0.3, -0.25) is 4.79 Å². The van der Waals surface area contributed by atoms with Gasteiger partial charge in [0.25, 0.3) is 5.56 Å². The van der Waals surface area contributed by atoms with E-state index >= 15 is 0 Å². The van der Waals surface area contributed by atoms with Gasteiger partial charge < -0.3 is 19.1 Å². The van der Waals surface area contributed by atoms with E-state index in [-0.39, 0.29) is 17.1 Å². The van der Waals surface area contributed by atoms with Crippen LogP contribution in [0.15, 0.2) is 23.0 Å². The van der Waals surface area contributed by atoms with E-state index < -0.39 is 0 Å². The molecular formula is C19H27NO4. The minimum atomic E-state index is -0.221. The fourth-order valence-corrected chi connectivity index (χ4v) is 3.04.